The van der Waals surface area contributed by atoms with Crippen LogP contribution in [0, 0.1) is 11.3 Å². The highest BCUT2D eigenvalue weighted by atomic mass is 16.5. The number of hydrogen-bond donors (Lipinski definition) is 0. The molecule has 0 amide bonds. The molecule has 1 heterocycles. The van der Waals surface area contributed by atoms with Gasteiger partial charge < -0.3 is 4.74 Å². The first-order valence-electron chi connectivity index (χ1n) is 5.46. The molecule has 1 fully saturated rings. The van der Waals surface area contributed by atoms with Crippen LogP contribution in [0.15, 0.2) is 0 Å². The largest absolute Gasteiger partial charge is 0.380 e. The smallest absolute Gasteiger partial charge is 0.0635 e. The van der Waals surface area contributed by atoms with Gasteiger partial charge in [0.1, 0.15) is 0 Å². The van der Waals surface area contributed by atoms with Gasteiger partial charge in [-0.3, -0.25) is 4.90 Å². The van der Waals surface area contributed by atoms with Gasteiger partial charge in [0, 0.05) is 31.7 Å². The predicted octanol–water partition coefficient (Wildman–Crippen LogP) is 1.79. The van der Waals surface area contributed by atoms with Crippen LogP contribution >= 0.6 is 0 Å². The van der Waals surface area contributed by atoms with E-state index in [1.807, 2.05) is 0 Å². The second kappa shape index (κ2) is 6.00. The summed E-state index contributed by atoms with van der Waals surface area (Å²) in [7, 11) is 0. The normalized spacial score (nSPS) is 22.6. The Morgan fingerprint density at radius 2 is 2.36 bits per heavy atom. The molecule has 3 heteroatoms. The van der Waals surface area contributed by atoms with Crippen molar-refractivity contribution in [3.8, 4) is 6.07 Å². The lowest BCUT2D eigenvalue weighted by molar-refractivity contribution is 0.00665. The number of ether oxygens (including phenoxy) is 1. The molecule has 0 aromatic carbocycles. The molecule has 0 aromatic rings. The van der Waals surface area contributed by atoms with Gasteiger partial charge >= 0.3 is 0 Å². The first kappa shape index (κ1) is 11.5. The summed E-state index contributed by atoms with van der Waals surface area (Å²) < 4.78 is 5.47. The molecule has 1 saturated heterocycles. The van der Waals surface area contributed by atoms with Gasteiger partial charge in [0.25, 0.3) is 0 Å². The third-order valence-corrected chi connectivity index (χ3v) is 2.75. The molecule has 1 atom stereocenters. The van der Waals surface area contributed by atoms with Crippen LogP contribution in [0.3, 0.4) is 0 Å². The maximum Gasteiger partial charge on any atom is 0.0635 e. The van der Waals surface area contributed by atoms with Crippen molar-refractivity contribution in [1.29, 1.82) is 5.26 Å². The van der Waals surface area contributed by atoms with Crippen molar-refractivity contribution >= 4 is 0 Å². The molecule has 0 aliphatic carbocycles. The van der Waals surface area contributed by atoms with Crippen LogP contribution in [0.2, 0.25) is 0 Å². The van der Waals surface area contributed by atoms with Crippen molar-refractivity contribution < 1.29 is 4.74 Å². The van der Waals surface area contributed by atoms with Crippen molar-refractivity contribution in [3.05, 3.63) is 0 Å². The van der Waals surface area contributed by atoms with Gasteiger partial charge in [-0.1, -0.05) is 0 Å². The molecule has 3 nitrogen and oxygen atoms in total. The van der Waals surface area contributed by atoms with Crippen LogP contribution in [-0.2, 0) is 4.74 Å². The minimum atomic E-state index is 0.509. The molecule has 0 bridgehead atoms. The Balaban J connectivity index is 2.43. The van der Waals surface area contributed by atoms with Gasteiger partial charge in [-0.15, -0.1) is 0 Å². The van der Waals surface area contributed by atoms with Gasteiger partial charge in [0.15, 0.2) is 0 Å². The van der Waals surface area contributed by atoms with E-state index in [2.05, 4.69) is 24.8 Å². The first-order chi connectivity index (χ1) is 6.75. The van der Waals surface area contributed by atoms with Crippen LogP contribution < -0.4 is 0 Å². The Kier molecular flexibility index (Phi) is 4.92. The van der Waals surface area contributed by atoms with E-state index < -0.39 is 0 Å². The third-order valence-electron chi connectivity index (χ3n) is 2.75. The summed E-state index contributed by atoms with van der Waals surface area (Å²) in [4.78, 5) is 2.39. The second-order valence-corrected chi connectivity index (χ2v) is 4.11. The molecule has 80 valence electrons. The molecule has 14 heavy (non-hydrogen) atoms. The highest BCUT2D eigenvalue weighted by molar-refractivity contribution is 4.80. The van der Waals surface area contributed by atoms with Crippen molar-refractivity contribution in [2.24, 2.45) is 0 Å². The lowest BCUT2D eigenvalue weighted by Gasteiger charge is -2.36. The Morgan fingerprint density at radius 1 is 1.57 bits per heavy atom. The lowest BCUT2D eigenvalue weighted by Crippen LogP contribution is -2.45. The molecule has 0 aromatic heterocycles. The number of hydrogen-bond acceptors (Lipinski definition) is 3. The number of nitrogens with zero attached hydrogens (tertiary/aromatic N) is 2. The third kappa shape index (κ3) is 3.28. The molecule has 1 rings (SSSR count). The number of nitriles is 1. The fourth-order valence-corrected chi connectivity index (χ4v) is 2.03. The van der Waals surface area contributed by atoms with E-state index >= 15 is 0 Å². The van der Waals surface area contributed by atoms with Crippen molar-refractivity contribution in [2.45, 2.75) is 45.2 Å². The SMILES string of the molecule is CC(C)N(CCC#N)C1CCCOC1. The zero-order chi connectivity index (χ0) is 10.4. The van der Waals surface area contributed by atoms with E-state index in [-0.39, 0.29) is 0 Å². The molecular formula is C11H20N2O. The molecular weight excluding hydrogens is 176 g/mol. The maximum absolute atomic E-state index is 8.59. The van der Waals surface area contributed by atoms with E-state index in [1.54, 1.807) is 0 Å². The summed E-state index contributed by atoms with van der Waals surface area (Å²) in [6.07, 6.45) is 2.98. The molecule has 0 saturated carbocycles. The zero-order valence-corrected chi connectivity index (χ0v) is 9.20. The minimum Gasteiger partial charge on any atom is -0.380 e. The van der Waals surface area contributed by atoms with Gasteiger partial charge in [0.05, 0.1) is 12.7 Å². The summed E-state index contributed by atoms with van der Waals surface area (Å²) in [6, 6.07) is 3.24. The fraction of sp³-hybridized carbons (Fsp3) is 0.909. The fourth-order valence-electron chi connectivity index (χ4n) is 2.03. The van der Waals surface area contributed by atoms with E-state index in [1.165, 1.54) is 6.42 Å². The molecule has 0 radical (unpaired) electrons. The zero-order valence-electron chi connectivity index (χ0n) is 9.20. The van der Waals surface area contributed by atoms with Crippen LogP contribution in [0.25, 0.3) is 0 Å². The van der Waals surface area contributed by atoms with Crippen LogP contribution in [0.4, 0.5) is 0 Å². The lowest BCUT2D eigenvalue weighted by atomic mass is 10.1. The van der Waals surface area contributed by atoms with E-state index in [0.717, 1.165) is 26.2 Å². The summed E-state index contributed by atoms with van der Waals surface area (Å²) in [6.45, 7) is 6.99. The van der Waals surface area contributed by atoms with Crippen molar-refractivity contribution in [2.75, 3.05) is 19.8 Å². The highest BCUT2D eigenvalue weighted by Crippen LogP contribution is 2.16. The summed E-state index contributed by atoms with van der Waals surface area (Å²) in [5.74, 6) is 0. The topological polar surface area (TPSA) is 36.3 Å². The maximum atomic E-state index is 8.59. The van der Waals surface area contributed by atoms with Crippen LogP contribution in [-0.4, -0.2) is 36.7 Å². The quantitative estimate of drug-likeness (QED) is 0.687. The standard InChI is InChI=1S/C11H20N2O/c1-10(2)13(7-4-6-12)11-5-3-8-14-9-11/h10-11H,3-5,7-9H2,1-2H3. The average molecular weight is 196 g/mol. The Bertz CT molecular complexity index is 192. The van der Waals surface area contributed by atoms with E-state index in [0.29, 0.717) is 18.5 Å². The molecule has 0 spiro atoms. The van der Waals surface area contributed by atoms with Crippen LogP contribution in [0.5, 0.6) is 0 Å². The first-order valence-corrected chi connectivity index (χ1v) is 5.46. The monoisotopic (exact) mass is 196 g/mol. The summed E-state index contributed by atoms with van der Waals surface area (Å²) >= 11 is 0. The van der Waals surface area contributed by atoms with E-state index in [9.17, 15) is 0 Å². The van der Waals surface area contributed by atoms with Crippen molar-refractivity contribution in [1.82, 2.24) is 4.90 Å². The van der Waals surface area contributed by atoms with Crippen LogP contribution in [0.1, 0.15) is 33.1 Å². The van der Waals surface area contributed by atoms with Gasteiger partial charge in [-0.05, 0) is 26.7 Å². The molecule has 1 unspecified atom stereocenters. The Labute approximate surface area is 86.6 Å². The van der Waals surface area contributed by atoms with Crippen molar-refractivity contribution in [3.63, 3.8) is 0 Å². The minimum absolute atomic E-state index is 0.509. The summed E-state index contributed by atoms with van der Waals surface area (Å²) in [5, 5.41) is 8.59. The van der Waals surface area contributed by atoms with Gasteiger partial charge in [-0.25, -0.2) is 0 Å². The summed E-state index contributed by atoms with van der Waals surface area (Å²) in [5.41, 5.74) is 0. The Hall–Kier alpha value is -0.590. The molecule has 0 N–H and O–H groups in total. The van der Waals surface area contributed by atoms with Gasteiger partial charge in [0.2, 0.25) is 0 Å². The molecule has 1 aliphatic rings. The average Bonchev–Trinajstić information content (AvgIpc) is 2.19. The van der Waals surface area contributed by atoms with Gasteiger partial charge in [-0.2, -0.15) is 5.26 Å². The molecule has 1 aliphatic heterocycles. The number of rotatable bonds is 4. The Morgan fingerprint density at radius 3 is 2.86 bits per heavy atom. The van der Waals surface area contributed by atoms with E-state index in [4.69, 9.17) is 10.00 Å². The second-order valence-electron chi connectivity index (χ2n) is 4.11. The highest BCUT2D eigenvalue weighted by Gasteiger charge is 2.23. The predicted molar refractivity (Wildman–Crippen MR) is 55.9 cm³/mol.